The molecule has 14 atom stereocenters. The first-order valence-corrected chi connectivity index (χ1v) is 21.2. The van der Waals surface area contributed by atoms with Crippen LogP contribution in [0.25, 0.3) is 11.0 Å². The molecule has 0 bridgehead atoms. The lowest BCUT2D eigenvalue weighted by Gasteiger charge is -2.50. The fourth-order valence-corrected chi connectivity index (χ4v) is 10.3. The number of Topliss-reactive ketones (excluding diaryl/α,β-unsaturated/α-hetero) is 2. The van der Waals surface area contributed by atoms with E-state index < -0.39 is 83.4 Å². The predicted molar refractivity (Wildman–Crippen MR) is 218 cm³/mol. The van der Waals surface area contributed by atoms with E-state index in [2.05, 4.69) is 21.8 Å². The number of fused-ring (bicyclic) bond motifs is 2. The number of ether oxygens (including phenoxy) is 5. The van der Waals surface area contributed by atoms with Crippen molar-refractivity contribution in [2.45, 2.75) is 148 Å². The van der Waals surface area contributed by atoms with E-state index in [4.69, 9.17) is 23.7 Å². The maximum atomic E-state index is 14.9. The van der Waals surface area contributed by atoms with Gasteiger partial charge in [-0.25, -0.2) is 14.8 Å². The van der Waals surface area contributed by atoms with Crippen molar-refractivity contribution >= 4 is 34.7 Å². The molecule has 6 heterocycles. The number of likely N-dealkylation sites (tertiary alicyclic amines) is 1. The van der Waals surface area contributed by atoms with E-state index >= 15 is 0 Å². The third-order valence-corrected chi connectivity index (χ3v) is 13.9. The molecule has 1 amide bonds. The standard InChI is InChI=1S/C44H65N5O10/c1-13-33-44(9)37(49(42(54)59-44)29-21-48(22-29)28(7)30-16-18-46-39-31(30)15-14-17-45-39)25(4)34(50)23(2)20-43(8,55-12)38(26(5)35(51)27(6)40(53)57-33)58-41-36(52)32(47(10)11)19-24(3)56-41/h14-18,23-29,32-33,36-38,41,52H,13,19-22H2,1-12H3/t23-,24-,25+,26+,27-,28-,32+,33?,36-,37?,38-,41+,43-,44-/m1/s1. The molecule has 326 valence electrons. The number of rotatable bonds is 8. The SMILES string of the molecule is CCC1OC(=O)[C@H](C)C(=O)[C@H](C)[C@@H](O[C@@H]2O[C@H](C)C[C@H](N(C)C)[C@H]2O)[C@](C)(OC)C[C@@H](C)C(=O)[C@H](C)C2N(C3CN([C@H](C)c4ccnc5ncccc45)C3)C(=O)O[C@]12C. The number of carbonyl (C=O) groups excluding carboxylic acids is 4. The first-order chi connectivity index (χ1) is 27.8. The van der Waals surface area contributed by atoms with Gasteiger partial charge in [-0.1, -0.05) is 27.7 Å². The first-order valence-electron chi connectivity index (χ1n) is 21.2. The molecule has 0 spiro atoms. The zero-order chi connectivity index (χ0) is 43.3. The average molecular weight is 824 g/mol. The van der Waals surface area contributed by atoms with Gasteiger partial charge >= 0.3 is 12.1 Å². The molecule has 4 fully saturated rings. The van der Waals surface area contributed by atoms with Crippen LogP contribution >= 0.6 is 0 Å². The molecule has 15 nitrogen and oxygen atoms in total. The quantitative estimate of drug-likeness (QED) is 0.290. The van der Waals surface area contributed by atoms with E-state index in [1.54, 1.807) is 38.1 Å². The predicted octanol–water partition coefficient (Wildman–Crippen LogP) is 4.58. The molecule has 4 aliphatic heterocycles. The van der Waals surface area contributed by atoms with Crippen LogP contribution in [0, 0.1) is 23.7 Å². The van der Waals surface area contributed by atoms with Crippen molar-refractivity contribution in [3.05, 3.63) is 36.2 Å². The molecule has 0 saturated carbocycles. The van der Waals surface area contributed by atoms with Crippen molar-refractivity contribution in [2.75, 3.05) is 34.3 Å². The number of carbonyl (C=O) groups is 4. The lowest BCUT2D eigenvalue weighted by atomic mass is 9.73. The Bertz CT molecular complexity index is 1870. The Kier molecular flexibility index (Phi) is 13.3. The molecule has 15 heteroatoms. The van der Waals surface area contributed by atoms with Gasteiger partial charge in [-0.2, -0.15) is 0 Å². The molecule has 2 aromatic heterocycles. The smallest absolute Gasteiger partial charge is 0.411 e. The van der Waals surface area contributed by atoms with Gasteiger partial charge in [0.05, 0.1) is 29.9 Å². The van der Waals surface area contributed by atoms with Crippen LogP contribution in [-0.4, -0.2) is 148 Å². The van der Waals surface area contributed by atoms with Gasteiger partial charge in [0.2, 0.25) is 0 Å². The third-order valence-electron chi connectivity index (χ3n) is 13.9. The highest BCUT2D eigenvalue weighted by atomic mass is 16.7. The van der Waals surface area contributed by atoms with Gasteiger partial charge in [0.25, 0.3) is 0 Å². The second-order valence-corrected chi connectivity index (χ2v) is 18.2. The second kappa shape index (κ2) is 17.4. The highest BCUT2D eigenvalue weighted by Gasteiger charge is 2.63. The zero-order valence-electron chi connectivity index (χ0n) is 36.8. The topological polar surface area (TPSA) is 170 Å². The van der Waals surface area contributed by atoms with Crippen molar-refractivity contribution in [3.63, 3.8) is 0 Å². The molecule has 0 aliphatic carbocycles. The van der Waals surface area contributed by atoms with E-state index in [1.807, 2.05) is 64.9 Å². The summed E-state index contributed by atoms with van der Waals surface area (Å²) in [7, 11) is 5.25. The van der Waals surface area contributed by atoms with Crippen molar-refractivity contribution in [1.29, 1.82) is 0 Å². The summed E-state index contributed by atoms with van der Waals surface area (Å²) in [6.07, 6.45) is -0.601. The number of pyridine rings is 2. The van der Waals surface area contributed by atoms with Crippen LogP contribution in [0.5, 0.6) is 0 Å². The van der Waals surface area contributed by atoms with Crippen LogP contribution in [0.3, 0.4) is 0 Å². The molecule has 4 aliphatic rings. The number of aromatic nitrogens is 2. The molecular weight excluding hydrogens is 759 g/mol. The molecule has 1 N–H and O–H groups in total. The van der Waals surface area contributed by atoms with Gasteiger partial charge in [-0.15, -0.1) is 0 Å². The zero-order valence-corrected chi connectivity index (χ0v) is 36.8. The third kappa shape index (κ3) is 8.27. The van der Waals surface area contributed by atoms with Crippen molar-refractivity contribution in [1.82, 2.24) is 24.7 Å². The van der Waals surface area contributed by atoms with Crippen LogP contribution in [0.15, 0.2) is 30.6 Å². The summed E-state index contributed by atoms with van der Waals surface area (Å²) in [5.41, 5.74) is -0.960. The molecule has 2 unspecified atom stereocenters. The van der Waals surface area contributed by atoms with Gasteiger partial charge < -0.3 is 33.7 Å². The van der Waals surface area contributed by atoms with Gasteiger partial charge in [0, 0.05) is 67.8 Å². The molecule has 6 rings (SSSR count). The normalized spacial score (nSPS) is 38.7. The summed E-state index contributed by atoms with van der Waals surface area (Å²) in [4.78, 5) is 72.2. The summed E-state index contributed by atoms with van der Waals surface area (Å²) >= 11 is 0. The number of esters is 1. The number of ketones is 2. The monoisotopic (exact) mass is 823 g/mol. The van der Waals surface area contributed by atoms with Crippen molar-refractivity contribution in [3.8, 4) is 0 Å². The Morgan fingerprint density at radius 3 is 2.32 bits per heavy atom. The number of methoxy groups -OCH3 is 1. The summed E-state index contributed by atoms with van der Waals surface area (Å²) in [6, 6.07) is 4.49. The number of hydrogen-bond acceptors (Lipinski definition) is 14. The Morgan fingerprint density at radius 1 is 1.00 bits per heavy atom. The van der Waals surface area contributed by atoms with Gasteiger partial charge in [-0.3, -0.25) is 24.2 Å². The average Bonchev–Trinajstić information content (AvgIpc) is 3.46. The van der Waals surface area contributed by atoms with E-state index in [-0.39, 0.29) is 42.9 Å². The van der Waals surface area contributed by atoms with Crippen LogP contribution < -0.4 is 0 Å². The molecule has 0 radical (unpaired) electrons. The van der Waals surface area contributed by atoms with Gasteiger partial charge in [0.15, 0.2) is 23.3 Å². The fourth-order valence-electron chi connectivity index (χ4n) is 10.3. The number of likely N-dealkylation sites (N-methyl/N-ethyl adjacent to an activating group) is 1. The van der Waals surface area contributed by atoms with Crippen molar-refractivity contribution < 1.29 is 48.0 Å². The lowest BCUT2D eigenvalue weighted by molar-refractivity contribution is -0.295. The Balaban J connectivity index is 1.33. The summed E-state index contributed by atoms with van der Waals surface area (Å²) in [6.45, 7) is 17.2. The van der Waals surface area contributed by atoms with E-state index in [1.165, 1.54) is 14.0 Å². The molecule has 59 heavy (non-hydrogen) atoms. The van der Waals surface area contributed by atoms with Crippen molar-refractivity contribution in [2.24, 2.45) is 23.7 Å². The van der Waals surface area contributed by atoms with Gasteiger partial charge in [0.1, 0.15) is 23.9 Å². The number of hydrogen-bond donors (Lipinski definition) is 1. The van der Waals surface area contributed by atoms with Crippen LogP contribution in [0.1, 0.15) is 93.2 Å². The highest BCUT2D eigenvalue weighted by molar-refractivity contribution is 6.00. The second-order valence-electron chi connectivity index (χ2n) is 18.2. The maximum absolute atomic E-state index is 14.9. The number of amides is 1. The summed E-state index contributed by atoms with van der Waals surface area (Å²) in [5, 5.41) is 12.4. The number of cyclic esters (lactones) is 1. The lowest BCUT2D eigenvalue weighted by Crippen LogP contribution is -2.66. The summed E-state index contributed by atoms with van der Waals surface area (Å²) in [5.74, 6) is -4.97. The minimum Gasteiger partial charge on any atom is -0.458 e. The van der Waals surface area contributed by atoms with E-state index in [0.29, 0.717) is 25.2 Å². The summed E-state index contributed by atoms with van der Waals surface area (Å²) < 4.78 is 31.5. The number of aliphatic hydroxyl groups is 1. The Labute approximate surface area is 348 Å². The molecule has 2 aromatic rings. The largest absolute Gasteiger partial charge is 0.458 e. The number of nitrogens with zero attached hydrogens (tertiary/aromatic N) is 5. The highest BCUT2D eigenvalue weighted by Crippen LogP contribution is 2.45. The minimum absolute atomic E-state index is 0.0150. The molecular formula is C44H65N5O10. The van der Waals surface area contributed by atoms with Gasteiger partial charge in [-0.05, 0) is 91.7 Å². The maximum Gasteiger partial charge on any atom is 0.411 e. The molecule has 4 saturated heterocycles. The number of aliphatic hydroxyl groups excluding tert-OH is 1. The van der Waals surface area contributed by atoms with Crippen LogP contribution in [-0.2, 0) is 38.1 Å². The Morgan fingerprint density at radius 2 is 1.68 bits per heavy atom. The Hall–Kier alpha value is -3.60. The minimum atomic E-state index is -1.42. The van der Waals surface area contributed by atoms with Crippen LogP contribution in [0.4, 0.5) is 4.79 Å². The molecule has 0 aromatic carbocycles. The van der Waals surface area contributed by atoms with E-state index in [9.17, 15) is 24.3 Å². The van der Waals surface area contributed by atoms with Crippen LogP contribution in [0.2, 0.25) is 0 Å². The fraction of sp³-hybridized carbons (Fsp3) is 0.727. The first kappa shape index (κ1) is 44.9. The van der Waals surface area contributed by atoms with E-state index in [0.717, 1.165) is 10.9 Å².